The van der Waals surface area contributed by atoms with Crippen LogP contribution in [0.5, 0.6) is 11.5 Å². The lowest BCUT2D eigenvalue weighted by Gasteiger charge is -2.14. The fourth-order valence-electron chi connectivity index (χ4n) is 1.34. The van der Waals surface area contributed by atoms with Crippen molar-refractivity contribution in [3.8, 4) is 11.5 Å². The lowest BCUT2D eigenvalue weighted by molar-refractivity contribution is -0.274. The van der Waals surface area contributed by atoms with Gasteiger partial charge in [-0.25, -0.2) is 0 Å². The van der Waals surface area contributed by atoms with E-state index in [0.29, 0.717) is 6.07 Å². The first-order valence-corrected chi connectivity index (χ1v) is 5.66. The molecule has 0 bridgehead atoms. The topological polar surface area (TPSA) is 35.5 Å². The zero-order chi connectivity index (χ0) is 15.3. The number of ether oxygens (including phenoxy) is 2. The molecular weight excluding hydrogens is 311 g/mol. The molecule has 0 amide bonds. The van der Waals surface area contributed by atoms with Crippen LogP contribution in [0, 0.1) is 0 Å². The van der Waals surface area contributed by atoms with E-state index in [1.165, 1.54) is 0 Å². The predicted octanol–water partition coefficient (Wildman–Crippen LogP) is 3.54. The Labute approximate surface area is 115 Å². The van der Waals surface area contributed by atoms with Crippen molar-refractivity contribution in [3.63, 3.8) is 0 Å². The van der Waals surface area contributed by atoms with Gasteiger partial charge in [-0.05, 0) is 6.07 Å². The van der Waals surface area contributed by atoms with Gasteiger partial charge in [-0.15, -0.1) is 24.8 Å². The highest BCUT2D eigenvalue weighted by molar-refractivity contribution is 6.27. The molecule has 0 atom stereocenters. The molecule has 1 aromatic rings. The molecule has 3 nitrogen and oxygen atoms in total. The zero-order valence-corrected chi connectivity index (χ0v) is 10.5. The number of ketones is 1. The molecular formula is C11H8ClF5O3. The Kier molecular flexibility index (Phi) is 5.55. The third kappa shape index (κ3) is 5.60. The summed E-state index contributed by atoms with van der Waals surface area (Å²) in [5.41, 5.74) is -0.130. The monoisotopic (exact) mass is 318 g/mol. The fraction of sp³-hybridized carbons (Fsp3) is 0.364. The molecule has 0 heterocycles. The quantitative estimate of drug-likeness (QED) is 0.594. The number of halogens is 6. The highest BCUT2D eigenvalue weighted by Gasteiger charge is 2.32. The highest BCUT2D eigenvalue weighted by Crippen LogP contribution is 2.31. The van der Waals surface area contributed by atoms with E-state index in [2.05, 4.69) is 9.47 Å². The normalized spacial score (nSPS) is 11.6. The lowest BCUT2D eigenvalue weighted by Crippen LogP contribution is -2.19. The third-order valence-corrected chi connectivity index (χ3v) is 2.32. The van der Waals surface area contributed by atoms with E-state index in [0.717, 1.165) is 12.1 Å². The Morgan fingerprint density at radius 1 is 1.30 bits per heavy atom. The second-order valence-electron chi connectivity index (χ2n) is 3.54. The molecule has 112 valence electrons. The van der Waals surface area contributed by atoms with Crippen LogP contribution in [0.2, 0.25) is 0 Å². The van der Waals surface area contributed by atoms with E-state index in [9.17, 15) is 26.7 Å². The summed E-state index contributed by atoms with van der Waals surface area (Å²) in [7, 11) is 0. The SMILES string of the molecule is O=C(CCl)Cc1ccc(OC(F)F)cc1OC(F)(F)F. The minimum Gasteiger partial charge on any atom is -0.435 e. The number of carbonyl (C=O) groups excluding carboxylic acids is 1. The molecule has 0 aliphatic carbocycles. The molecule has 0 aromatic heterocycles. The predicted molar refractivity (Wildman–Crippen MR) is 59.2 cm³/mol. The summed E-state index contributed by atoms with van der Waals surface area (Å²) >= 11 is 5.25. The van der Waals surface area contributed by atoms with E-state index in [1.54, 1.807) is 0 Å². The number of alkyl halides is 6. The number of rotatable bonds is 6. The van der Waals surface area contributed by atoms with Crippen molar-refractivity contribution >= 4 is 17.4 Å². The van der Waals surface area contributed by atoms with Crippen LogP contribution in [0.25, 0.3) is 0 Å². The smallest absolute Gasteiger partial charge is 0.435 e. The standard InChI is InChI=1S/C11H8ClF5O3/c12-5-7(18)3-6-1-2-8(19-10(13)14)4-9(6)20-11(15,16)17/h1-2,4,10H,3,5H2. The van der Waals surface area contributed by atoms with Crippen LogP contribution < -0.4 is 9.47 Å². The van der Waals surface area contributed by atoms with Gasteiger partial charge < -0.3 is 9.47 Å². The van der Waals surface area contributed by atoms with Gasteiger partial charge in [0.1, 0.15) is 11.5 Å². The summed E-state index contributed by atoms with van der Waals surface area (Å²) in [6, 6.07) is 2.67. The lowest BCUT2D eigenvalue weighted by atomic mass is 10.1. The highest BCUT2D eigenvalue weighted by atomic mass is 35.5. The largest absolute Gasteiger partial charge is 0.573 e. The second-order valence-corrected chi connectivity index (χ2v) is 3.81. The van der Waals surface area contributed by atoms with Gasteiger partial charge in [-0.1, -0.05) is 6.07 Å². The van der Waals surface area contributed by atoms with Crippen molar-refractivity contribution in [1.29, 1.82) is 0 Å². The van der Waals surface area contributed by atoms with Crippen LogP contribution in [0.3, 0.4) is 0 Å². The minimum atomic E-state index is -5.03. The molecule has 20 heavy (non-hydrogen) atoms. The molecule has 1 aromatic carbocycles. The van der Waals surface area contributed by atoms with Crippen LogP contribution in [-0.2, 0) is 11.2 Å². The Morgan fingerprint density at radius 2 is 1.95 bits per heavy atom. The van der Waals surface area contributed by atoms with Crippen molar-refractivity contribution in [1.82, 2.24) is 0 Å². The second kappa shape index (κ2) is 6.74. The van der Waals surface area contributed by atoms with Crippen molar-refractivity contribution in [3.05, 3.63) is 23.8 Å². The van der Waals surface area contributed by atoms with Gasteiger partial charge in [-0.3, -0.25) is 4.79 Å². The number of benzene rings is 1. The van der Waals surface area contributed by atoms with Gasteiger partial charge in [0.25, 0.3) is 0 Å². The maximum atomic E-state index is 12.2. The summed E-state index contributed by atoms with van der Waals surface area (Å²) in [5, 5.41) is 0. The summed E-state index contributed by atoms with van der Waals surface area (Å²) in [6.45, 7) is -3.19. The first-order valence-electron chi connectivity index (χ1n) is 5.12. The minimum absolute atomic E-state index is 0.130. The van der Waals surface area contributed by atoms with Crippen molar-refractivity contribution in [2.24, 2.45) is 0 Å². The maximum Gasteiger partial charge on any atom is 0.573 e. The Morgan fingerprint density at radius 3 is 2.45 bits per heavy atom. The molecule has 0 unspecified atom stereocenters. The average molecular weight is 319 g/mol. The molecule has 9 heteroatoms. The number of hydrogen-bond acceptors (Lipinski definition) is 3. The Balaban J connectivity index is 3.05. The summed E-state index contributed by atoms with van der Waals surface area (Å²) in [5.74, 6) is -2.22. The van der Waals surface area contributed by atoms with E-state index in [1.807, 2.05) is 0 Å². The van der Waals surface area contributed by atoms with Crippen molar-refractivity contribution < 1.29 is 36.2 Å². The molecule has 0 N–H and O–H groups in total. The summed E-state index contributed by atoms with van der Waals surface area (Å²) < 4.78 is 68.3. The van der Waals surface area contributed by atoms with Crippen molar-refractivity contribution in [2.75, 3.05) is 5.88 Å². The molecule has 0 radical (unpaired) electrons. The van der Waals surface area contributed by atoms with Crippen molar-refractivity contribution in [2.45, 2.75) is 19.4 Å². The van der Waals surface area contributed by atoms with E-state index < -0.39 is 36.7 Å². The first kappa shape index (κ1) is 16.5. The zero-order valence-electron chi connectivity index (χ0n) is 9.72. The molecule has 1 rings (SSSR count). The fourth-order valence-corrected chi connectivity index (χ4v) is 1.43. The molecule has 0 spiro atoms. The maximum absolute atomic E-state index is 12.2. The van der Waals surface area contributed by atoms with Crippen LogP contribution in [-0.4, -0.2) is 24.6 Å². The molecule has 0 fully saturated rings. The molecule has 0 saturated heterocycles. The van der Waals surface area contributed by atoms with Gasteiger partial charge >= 0.3 is 13.0 Å². The molecule has 0 aliphatic heterocycles. The van der Waals surface area contributed by atoms with Gasteiger partial charge in [0.2, 0.25) is 0 Å². The summed E-state index contributed by atoms with van der Waals surface area (Å²) in [4.78, 5) is 11.1. The summed E-state index contributed by atoms with van der Waals surface area (Å²) in [6.07, 6.45) is -5.44. The number of hydrogen-bond donors (Lipinski definition) is 0. The number of Topliss-reactive ketones (excluding diaryl/α,β-unsaturated/α-hetero) is 1. The Hall–Kier alpha value is -1.57. The number of carbonyl (C=O) groups is 1. The van der Waals surface area contributed by atoms with E-state index in [4.69, 9.17) is 11.6 Å². The first-order chi connectivity index (χ1) is 9.21. The molecule has 0 saturated carbocycles. The van der Waals surface area contributed by atoms with Crippen LogP contribution in [0.15, 0.2) is 18.2 Å². The molecule has 0 aliphatic rings. The average Bonchev–Trinajstić information content (AvgIpc) is 2.29. The van der Waals surface area contributed by atoms with Crippen LogP contribution in [0.1, 0.15) is 5.56 Å². The van der Waals surface area contributed by atoms with Crippen LogP contribution in [0.4, 0.5) is 22.0 Å². The van der Waals surface area contributed by atoms with Crippen LogP contribution >= 0.6 is 11.6 Å². The Bertz CT molecular complexity index is 476. The van der Waals surface area contributed by atoms with Gasteiger partial charge in [0.15, 0.2) is 5.78 Å². The van der Waals surface area contributed by atoms with Gasteiger partial charge in [0.05, 0.1) is 5.88 Å². The van der Waals surface area contributed by atoms with E-state index in [-0.39, 0.29) is 11.4 Å². The van der Waals surface area contributed by atoms with Gasteiger partial charge in [0, 0.05) is 18.1 Å². The third-order valence-electron chi connectivity index (χ3n) is 2.03. The van der Waals surface area contributed by atoms with Gasteiger partial charge in [-0.2, -0.15) is 8.78 Å². The van der Waals surface area contributed by atoms with E-state index >= 15 is 0 Å².